The molecule has 0 aliphatic heterocycles. The lowest BCUT2D eigenvalue weighted by Gasteiger charge is -2.38. The lowest BCUT2D eigenvalue weighted by molar-refractivity contribution is -0.289. The lowest BCUT2D eigenvalue weighted by Crippen LogP contribution is -2.54. The molecule has 0 saturated carbocycles. The number of aromatic hydroxyl groups is 2. The van der Waals surface area contributed by atoms with Gasteiger partial charge in [-0.15, -0.1) is 0 Å². The highest BCUT2D eigenvalue weighted by Crippen LogP contribution is 2.57. The van der Waals surface area contributed by atoms with Crippen molar-refractivity contribution in [1.82, 2.24) is 0 Å². The van der Waals surface area contributed by atoms with Crippen molar-refractivity contribution < 1.29 is 36.6 Å². The quantitative estimate of drug-likeness (QED) is 0.792. The molecule has 8 heteroatoms. The molecule has 0 fully saturated rings. The molecule has 2 rings (SSSR count). The van der Waals surface area contributed by atoms with E-state index in [9.17, 15) is 31.4 Å². The SMILES string of the molecule is Oc1ccc(C(c2ccccc2O)(C(F)(F)F)C(F)(F)F)cc1. The Hall–Kier alpha value is -2.38. The Kier molecular flexibility index (Phi) is 3.96. The van der Waals surface area contributed by atoms with Gasteiger partial charge in [0.1, 0.15) is 11.5 Å². The minimum atomic E-state index is -5.78. The molecule has 0 unspecified atom stereocenters. The first-order valence-corrected chi connectivity index (χ1v) is 6.23. The van der Waals surface area contributed by atoms with Gasteiger partial charge in [-0.3, -0.25) is 0 Å². The first-order chi connectivity index (χ1) is 10.5. The Morgan fingerprint density at radius 3 is 1.57 bits per heavy atom. The van der Waals surface area contributed by atoms with Crippen molar-refractivity contribution in [1.29, 1.82) is 0 Å². The van der Waals surface area contributed by atoms with Gasteiger partial charge in [0.2, 0.25) is 5.41 Å². The van der Waals surface area contributed by atoms with E-state index in [0.29, 0.717) is 18.2 Å². The summed E-state index contributed by atoms with van der Waals surface area (Å²) in [6, 6.07) is 5.93. The molecule has 0 radical (unpaired) electrons. The predicted octanol–water partition coefficient (Wildman–Crippen LogP) is 4.51. The van der Waals surface area contributed by atoms with Gasteiger partial charge in [-0.25, -0.2) is 0 Å². The molecular weight excluding hydrogens is 326 g/mol. The lowest BCUT2D eigenvalue weighted by atomic mass is 9.72. The van der Waals surface area contributed by atoms with Gasteiger partial charge < -0.3 is 10.2 Å². The van der Waals surface area contributed by atoms with Gasteiger partial charge in [-0.05, 0) is 23.8 Å². The molecule has 2 aromatic carbocycles. The standard InChI is InChI=1S/C15H10F6O2/c16-14(17,18)13(15(19,20)21,9-5-7-10(22)8-6-9)11-3-1-2-4-12(11)23/h1-8,22-23H. The van der Waals surface area contributed by atoms with Crippen LogP contribution in [-0.2, 0) is 5.41 Å². The fourth-order valence-electron chi connectivity index (χ4n) is 2.45. The molecule has 124 valence electrons. The molecule has 0 heterocycles. The minimum absolute atomic E-state index is 0.482. The van der Waals surface area contributed by atoms with Crippen molar-refractivity contribution in [3.05, 3.63) is 59.7 Å². The van der Waals surface area contributed by atoms with Crippen molar-refractivity contribution in [3.63, 3.8) is 0 Å². The van der Waals surface area contributed by atoms with E-state index in [-0.39, 0.29) is 0 Å². The van der Waals surface area contributed by atoms with Crippen molar-refractivity contribution in [2.24, 2.45) is 0 Å². The highest BCUT2D eigenvalue weighted by molar-refractivity contribution is 5.50. The zero-order chi connectivity index (χ0) is 17.5. The maximum Gasteiger partial charge on any atom is 0.411 e. The van der Waals surface area contributed by atoms with Gasteiger partial charge in [-0.1, -0.05) is 30.3 Å². The molecule has 0 aliphatic rings. The Morgan fingerprint density at radius 1 is 0.652 bits per heavy atom. The van der Waals surface area contributed by atoms with E-state index in [1.165, 1.54) is 0 Å². The fraction of sp³-hybridized carbons (Fsp3) is 0.200. The Labute approximate surface area is 126 Å². The molecule has 0 amide bonds. The second kappa shape index (κ2) is 5.36. The van der Waals surface area contributed by atoms with E-state index in [1.807, 2.05) is 0 Å². The van der Waals surface area contributed by atoms with Crippen LogP contribution in [0.1, 0.15) is 11.1 Å². The van der Waals surface area contributed by atoms with Crippen molar-refractivity contribution in [3.8, 4) is 11.5 Å². The summed E-state index contributed by atoms with van der Waals surface area (Å²) in [4.78, 5) is 0. The fourth-order valence-corrected chi connectivity index (χ4v) is 2.45. The van der Waals surface area contributed by atoms with Crippen LogP contribution in [0, 0.1) is 0 Å². The summed E-state index contributed by atoms with van der Waals surface area (Å²) in [6.07, 6.45) is -11.6. The number of phenols is 2. The van der Waals surface area contributed by atoms with E-state index < -0.39 is 40.4 Å². The highest BCUT2D eigenvalue weighted by Gasteiger charge is 2.73. The summed E-state index contributed by atoms with van der Waals surface area (Å²) in [5, 5.41) is 18.8. The molecule has 0 saturated heterocycles. The van der Waals surface area contributed by atoms with Gasteiger partial charge in [0.05, 0.1) is 0 Å². The van der Waals surface area contributed by atoms with E-state index in [0.717, 1.165) is 30.3 Å². The normalized spacial score (nSPS) is 13.1. The average Bonchev–Trinajstić information content (AvgIpc) is 2.40. The monoisotopic (exact) mass is 336 g/mol. The van der Waals surface area contributed by atoms with Crippen LogP contribution in [0.2, 0.25) is 0 Å². The van der Waals surface area contributed by atoms with Gasteiger partial charge in [0, 0.05) is 5.56 Å². The number of hydrogen-bond donors (Lipinski definition) is 2. The highest BCUT2D eigenvalue weighted by atomic mass is 19.4. The molecule has 0 aliphatic carbocycles. The van der Waals surface area contributed by atoms with Gasteiger partial charge >= 0.3 is 12.4 Å². The summed E-state index contributed by atoms with van der Waals surface area (Å²) < 4.78 is 81.8. The zero-order valence-electron chi connectivity index (χ0n) is 11.3. The number of halogens is 6. The third-order valence-corrected chi connectivity index (χ3v) is 3.46. The number of rotatable bonds is 2. The summed E-state index contributed by atoms with van der Waals surface area (Å²) >= 11 is 0. The molecule has 2 nitrogen and oxygen atoms in total. The van der Waals surface area contributed by atoms with Gasteiger partial charge in [0.15, 0.2) is 0 Å². The van der Waals surface area contributed by atoms with Crippen LogP contribution in [0.4, 0.5) is 26.3 Å². The summed E-state index contributed by atoms with van der Waals surface area (Å²) in [5.41, 5.74) is -6.90. The number of benzene rings is 2. The Bertz CT molecular complexity index is 674. The van der Waals surface area contributed by atoms with Gasteiger partial charge in [0.25, 0.3) is 0 Å². The largest absolute Gasteiger partial charge is 0.508 e. The molecule has 23 heavy (non-hydrogen) atoms. The number of alkyl halides is 6. The van der Waals surface area contributed by atoms with Crippen LogP contribution in [0.15, 0.2) is 48.5 Å². The average molecular weight is 336 g/mol. The number of para-hydroxylation sites is 1. The van der Waals surface area contributed by atoms with E-state index >= 15 is 0 Å². The van der Waals surface area contributed by atoms with E-state index in [1.54, 1.807) is 0 Å². The second-order valence-electron chi connectivity index (χ2n) is 4.81. The molecule has 0 atom stereocenters. The van der Waals surface area contributed by atoms with Gasteiger partial charge in [-0.2, -0.15) is 26.3 Å². The zero-order valence-corrected chi connectivity index (χ0v) is 11.3. The van der Waals surface area contributed by atoms with E-state index in [2.05, 4.69) is 0 Å². The summed E-state index contributed by atoms with van der Waals surface area (Å²) in [5.74, 6) is -1.61. The molecule has 0 bridgehead atoms. The van der Waals surface area contributed by atoms with Crippen LogP contribution in [0.5, 0.6) is 11.5 Å². The van der Waals surface area contributed by atoms with Crippen molar-refractivity contribution >= 4 is 0 Å². The first kappa shape index (κ1) is 17.0. The summed E-state index contributed by atoms with van der Waals surface area (Å²) in [6.45, 7) is 0. The Balaban J connectivity index is 2.93. The van der Waals surface area contributed by atoms with Crippen LogP contribution in [0.25, 0.3) is 0 Å². The van der Waals surface area contributed by atoms with Crippen molar-refractivity contribution in [2.75, 3.05) is 0 Å². The van der Waals surface area contributed by atoms with Crippen molar-refractivity contribution in [2.45, 2.75) is 17.8 Å². The molecule has 2 N–H and O–H groups in total. The van der Waals surface area contributed by atoms with Crippen LogP contribution < -0.4 is 0 Å². The number of hydrogen-bond acceptors (Lipinski definition) is 2. The maximum absolute atomic E-state index is 13.6. The molecule has 2 aromatic rings. The molecule has 0 aromatic heterocycles. The topological polar surface area (TPSA) is 40.5 Å². The third-order valence-electron chi connectivity index (χ3n) is 3.46. The van der Waals surface area contributed by atoms with E-state index in [4.69, 9.17) is 5.11 Å². The minimum Gasteiger partial charge on any atom is -0.508 e. The third kappa shape index (κ3) is 2.58. The second-order valence-corrected chi connectivity index (χ2v) is 4.81. The van der Waals surface area contributed by atoms with Crippen LogP contribution in [0.3, 0.4) is 0 Å². The van der Waals surface area contributed by atoms with Crippen LogP contribution in [-0.4, -0.2) is 22.6 Å². The number of phenolic OH excluding ortho intramolecular Hbond substituents is 2. The smallest absolute Gasteiger partial charge is 0.411 e. The first-order valence-electron chi connectivity index (χ1n) is 6.23. The molecule has 0 spiro atoms. The molecular formula is C15H10F6O2. The maximum atomic E-state index is 13.6. The Morgan fingerprint density at radius 2 is 1.13 bits per heavy atom. The predicted molar refractivity (Wildman–Crippen MR) is 69.1 cm³/mol. The van der Waals surface area contributed by atoms with Crippen LogP contribution >= 0.6 is 0 Å². The summed E-state index contributed by atoms with van der Waals surface area (Å²) in [7, 11) is 0.